The van der Waals surface area contributed by atoms with Crippen molar-refractivity contribution >= 4 is 50.7 Å². The van der Waals surface area contributed by atoms with Crippen molar-refractivity contribution in [2.24, 2.45) is 0 Å². The van der Waals surface area contributed by atoms with Crippen LogP contribution >= 0.6 is 23.2 Å². The van der Waals surface area contributed by atoms with Crippen LogP contribution in [0, 0.1) is 0 Å². The maximum atomic E-state index is 13.4. The first kappa shape index (κ1) is 30.9. The van der Waals surface area contributed by atoms with Crippen molar-refractivity contribution in [2.45, 2.75) is 65.5 Å². The Morgan fingerprint density at radius 1 is 0.973 bits per heavy atom. The third-order valence-electron chi connectivity index (χ3n) is 6.06. The molecule has 2 aromatic rings. The first-order valence-corrected chi connectivity index (χ1v) is 15.2. The van der Waals surface area contributed by atoms with Gasteiger partial charge in [0.25, 0.3) is 0 Å². The molecular formula is C27H37Cl2N3O4S. The van der Waals surface area contributed by atoms with Crippen LogP contribution in [-0.2, 0) is 32.6 Å². The Bertz CT molecular complexity index is 1160. The van der Waals surface area contributed by atoms with Gasteiger partial charge in [-0.25, -0.2) is 8.42 Å². The van der Waals surface area contributed by atoms with Crippen LogP contribution in [0.4, 0.5) is 5.69 Å². The molecule has 1 atom stereocenters. The number of sulfonamides is 1. The normalized spacial score (nSPS) is 12.2. The molecule has 2 aromatic carbocycles. The molecule has 0 aliphatic heterocycles. The number of halogens is 2. The number of carbonyl (C=O) groups is 2. The molecule has 0 unspecified atom stereocenters. The van der Waals surface area contributed by atoms with Crippen molar-refractivity contribution in [1.82, 2.24) is 10.2 Å². The molecule has 0 saturated carbocycles. The topological polar surface area (TPSA) is 86.8 Å². The first-order valence-electron chi connectivity index (χ1n) is 12.6. The molecular weight excluding hydrogens is 533 g/mol. The zero-order valence-corrected chi connectivity index (χ0v) is 24.3. The SMILES string of the molecule is CCCNC(=O)[C@H](CC)N(Cc1ccc(Cl)c(Cl)c1)C(=O)CCCN(c1ccc(CC)cc1)S(C)(=O)=O. The molecule has 1 N–H and O–H groups in total. The second kappa shape index (κ2) is 14.6. The molecule has 37 heavy (non-hydrogen) atoms. The Hall–Kier alpha value is -2.29. The van der Waals surface area contributed by atoms with Crippen molar-refractivity contribution in [3.05, 3.63) is 63.6 Å². The summed E-state index contributed by atoms with van der Waals surface area (Å²) in [6, 6.07) is 11.8. The van der Waals surface area contributed by atoms with Gasteiger partial charge in [-0.05, 0) is 61.1 Å². The maximum Gasteiger partial charge on any atom is 0.242 e. The highest BCUT2D eigenvalue weighted by Crippen LogP contribution is 2.25. The molecule has 7 nitrogen and oxygen atoms in total. The number of rotatable bonds is 14. The van der Waals surface area contributed by atoms with E-state index >= 15 is 0 Å². The smallest absolute Gasteiger partial charge is 0.242 e. The van der Waals surface area contributed by atoms with Crippen LogP contribution in [0.15, 0.2) is 42.5 Å². The number of hydrogen-bond donors (Lipinski definition) is 1. The number of nitrogens with one attached hydrogen (secondary N) is 1. The minimum atomic E-state index is -3.54. The van der Waals surface area contributed by atoms with E-state index in [-0.39, 0.29) is 31.3 Å². The Kier molecular flexibility index (Phi) is 12.2. The number of benzene rings is 2. The highest BCUT2D eigenvalue weighted by molar-refractivity contribution is 7.92. The fourth-order valence-electron chi connectivity index (χ4n) is 4.02. The summed E-state index contributed by atoms with van der Waals surface area (Å²) in [6.45, 7) is 6.70. The number of nitrogens with zero attached hydrogens (tertiary/aromatic N) is 2. The number of anilines is 1. The fourth-order valence-corrected chi connectivity index (χ4v) is 5.31. The molecule has 0 aromatic heterocycles. The molecule has 2 amide bonds. The molecule has 10 heteroatoms. The molecule has 0 radical (unpaired) electrons. The third kappa shape index (κ3) is 9.20. The van der Waals surface area contributed by atoms with Gasteiger partial charge in [0.2, 0.25) is 21.8 Å². The number of carbonyl (C=O) groups excluding carboxylic acids is 2. The van der Waals surface area contributed by atoms with E-state index < -0.39 is 16.1 Å². The predicted octanol–water partition coefficient (Wildman–Crippen LogP) is 5.44. The molecule has 0 aliphatic rings. The standard InChI is InChI=1S/C27H37Cl2N3O4S/c1-5-16-30-27(34)25(7-3)31(19-21-12-15-23(28)24(29)18-21)26(33)9-8-17-32(37(4,35)36)22-13-10-20(6-2)11-14-22/h10-15,18,25H,5-9,16-17,19H2,1-4H3,(H,30,34)/t25-/m0/s1. The lowest BCUT2D eigenvalue weighted by atomic mass is 10.1. The van der Waals surface area contributed by atoms with E-state index in [0.717, 1.165) is 30.2 Å². The monoisotopic (exact) mass is 569 g/mol. The lowest BCUT2D eigenvalue weighted by Gasteiger charge is -2.31. The molecule has 0 fully saturated rings. The van der Waals surface area contributed by atoms with Crippen LogP contribution in [0.2, 0.25) is 10.0 Å². The summed E-state index contributed by atoms with van der Waals surface area (Å²) in [5, 5.41) is 3.66. The number of amides is 2. The Morgan fingerprint density at radius 2 is 1.62 bits per heavy atom. The van der Waals surface area contributed by atoms with Gasteiger partial charge in [-0.1, -0.05) is 62.2 Å². The van der Waals surface area contributed by atoms with Crippen LogP contribution in [0.25, 0.3) is 0 Å². The molecule has 2 rings (SSSR count). The van der Waals surface area contributed by atoms with E-state index in [0.29, 0.717) is 35.1 Å². The van der Waals surface area contributed by atoms with Gasteiger partial charge >= 0.3 is 0 Å². The summed E-state index contributed by atoms with van der Waals surface area (Å²) in [7, 11) is -3.54. The van der Waals surface area contributed by atoms with Gasteiger partial charge < -0.3 is 10.2 Å². The molecule has 0 bridgehead atoms. The quantitative estimate of drug-likeness (QED) is 0.328. The summed E-state index contributed by atoms with van der Waals surface area (Å²) in [4.78, 5) is 27.9. The van der Waals surface area contributed by atoms with Crippen molar-refractivity contribution in [3.8, 4) is 0 Å². The fraction of sp³-hybridized carbons (Fsp3) is 0.481. The lowest BCUT2D eigenvalue weighted by Crippen LogP contribution is -2.49. The van der Waals surface area contributed by atoms with E-state index in [9.17, 15) is 18.0 Å². The minimum absolute atomic E-state index is 0.0813. The predicted molar refractivity (Wildman–Crippen MR) is 152 cm³/mol. The minimum Gasteiger partial charge on any atom is -0.354 e. The lowest BCUT2D eigenvalue weighted by molar-refractivity contribution is -0.141. The van der Waals surface area contributed by atoms with Gasteiger partial charge in [0.15, 0.2) is 0 Å². The van der Waals surface area contributed by atoms with E-state index in [1.54, 1.807) is 35.2 Å². The van der Waals surface area contributed by atoms with Gasteiger partial charge in [0.05, 0.1) is 22.0 Å². The average Bonchev–Trinajstić information content (AvgIpc) is 2.86. The Morgan fingerprint density at radius 3 is 2.16 bits per heavy atom. The zero-order chi connectivity index (χ0) is 27.6. The molecule has 204 valence electrons. The van der Waals surface area contributed by atoms with Gasteiger partial charge in [-0.3, -0.25) is 13.9 Å². The summed E-state index contributed by atoms with van der Waals surface area (Å²) >= 11 is 12.2. The van der Waals surface area contributed by atoms with Gasteiger partial charge in [0, 0.05) is 26.1 Å². The van der Waals surface area contributed by atoms with E-state index in [4.69, 9.17) is 23.2 Å². The van der Waals surface area contributed by atoms with E-state index in [2.05, 4.69) is 5.32 Å². The van der Waals surface area contributed by atoms with Crippen LogP contribution < -0.4 is 9.62 Å². The molecule has 0 saturated heterocycles. The number of aryl methyl sites for hydroxylation is 1. The highest BCUT2D eigenvalue weighted by Gasteiger charge is 2.29. The molecule has 0 heterocycles. The summed E-state index contributed by atoms with van der Waals surface area (Å²) in [5.74, 6) is -0.453. The molecule has 0 aliphatic carbocycles. The largest absolute Gasteiger partial charge is 0.354 e. The Labute approximate surface area is 231 Å². The van der Waals surface area contributed by atoms with Crippen molar-refractivity contribution < 1.29 is 18.0 Å². The van der Waals surface area contributed by atoms with Crippen LogP contribution in [0.5, 0.6) is 0 Å². The summed E-state index contributed by atoms with van der Waals surface area (Å²) in [5.41, 5.74) is 2.42. The van der Waals surface area contributed by atoms with E-state index in [1.165, 1.54) is 4.31 Å². The maximum absolute atomic E-state index is 13.4. The molecule has 0 spiro atoms. The van der Waals surface area contributed by atoms with Crippen molar-refractivity contribution in [3.63, 3.8) is 0 Å². The Balaban J connectivity index is 2.22. The van der Waals surface area contributed by atoms with Crippen LogP contribution in [-0.4, -0.2) is 50.5 Å². The van der Waals surface area contributed by atoms with Gasteiger partial charge in [0.1, 0.15) is 6.04 Å². The van der Waals surface area contributed by atoms with E-state index in [1.807, 2.05) is 32.9 Å². The van der Waals surface area contributed by atoms with Crippen LogP contribution in [0.3, 0.4) is 0 Å². The van der Waals surface area contributed by atoms with Crippen molar-refractivity contribution in [2.75, 3.05) is 23.7 Å². The van der Waals surface area contributed by atoms with Gasteiger partial charge in [-0.2, -0.15) is 0 Å². The third-order valence-corrected chi connectivity index (χ3v) is 7.99. The second-order valence-corrected chi connectivity index (χ2v) is 11.7. The highest BCUT2D eigenvalue weighted by atomic mass is 35.5. The van der Waals surface area contributed by atoms with Crippen LogP contribution in [0.1, 0.15) is 57.6 Å². The summed E-state index contributed by atoms with van der Waals surface area (Å²) < 4.78 is 26.3. The van der Waals surface area contributed by atoms with Crippen molar-refractivity contribution in [1.29, 1.82) is 0 Å². The number of hydrogen-bond acceptors (Lipinski definition) is 4. The average molecular weight is 571 g/mol. The zero-order valence-electron chi connectivity index (χ0n) is 22.0. The van der Waals surface area contributed by atoms with Gasteiger partial charge in [-0.15, -0.1) is 0 Å². The first-order chi connectivity index (χ1) is 17.5. The second-order valence-electron chi connectivity index (χ2n) is 8.94. The summed E-state index contributed by atoms with van der Waals surface area (Å²) in [6.07, 6.45) is 3.60.